The molecule has 1 unspecified atom stereocenters. The number of alkyl halides is 1. The summed E-state index contributed by atoms with van der Waals surface area (Å²) in [7, 11) is 0. The van der Waals surface area contributed by atoms with E-state index in [0.29, 0.717) is 15.4 Å². The predicted octanol–water partition coefficient (Wildman–Crippen LogP) is 5.34. The van der Waals surface area contributed by atoms with Gasteiger partial charge in [-0.3, -0.25) is 0 Å². The summed E-state index contributed by atoms with van der Waals surface area (Å²) >= 11 is 15.5. The SMILES string of the molecule is CCCCC(C#N)(CBr)c1ccc(Cl)cc1Cl. The smallest absolute Gasteiger partial charge is 0.0933 e. The van der Waals surface area contributed by atoms with Gasteiger partial charge in [0.2, 0.25) is 0 Å². The van der Waals surface area contributed by atoms with Gasteiger partial charge >= 0.3 is 0 Å². The summed E-state index contributed by atoms with van der Waals surface area (Å²) in [6.45, 7) is 2.11. The molecule has 0 aromatic heterocycles. The zero-order chi connectivity index (χ0) is 12.9. The lowest BCUT2D eigenvalue weighted by Gasteiger charge is -2.25. The average Bonchev–Trinajstić information content (AvgIpc) is 2.32. The van der Waals surface area contributed by atoms with Crippen LogP contribution in [-0.2, 0) is 5.41 Å². The van der Waals surface area contributed by atoms with E-state index in [2.05, 4.69) is 28.9 Å². The molecular weight excluding hydrogens is 321 g/mol. The standard InChI is InChI=1S/C13H14BrCl2N/c1-2-3-6-13(8-14,9-17)11-5-4-10(15)7-12(11)16/h4-5,7H,2-3,6,8H2,1H3. The zero-order valence-corrected chi connectivity index (χ0v) is 12.7. The molecule has 0 aliphatic carbocycles. The quantitative estimate of drug-likeness (QED) is 0.667. The third-order valence-electron chi connectivity index (χ3n) is 2.85. The van der Waals surface area contributed by atoms with Crippen LogP contribution in [0.4, 0.5) is 0 Å². The van der Waals surface area contributed by atoms with E-state index in [1.54, 1.807) is 12.1 Å². The number of halogens is 3. The summed E-state index contributed by atoms with van der Waals surface area (Å²) in [5, 5.41) is 11.2. The molecule has 0 radical (unpaired) electrons. The highest BCUT2D eigenvalue weighted by Crippen LogP contribution is 2.37. The normalized spacial score (nSPS) is 14.1. The maximum absolute atomic E-state index is 9.48. The highest BCUT2D eigenvalue weighted by atomic mass is 79.9. The van der Waals surface area contributed by atoms with Gasteiger partial charge in [0.15, 0.2) is 0 Å². The molecule has 1 rings (SSSR count). The Labute approximate surface area is 121 Å². The van der Waals surface area contributed by atoms with Crippen molar-refractivity contribution in [1.82, 2.24) is 0 Å². The second-order valence-corrected chi connectivity index (χ2v) is 5.46. The second kappa shape index (κ2) is 6.64. The molecule has 0 spiro atoms. The summed E-state index contributed by atoms with van der Waals surface area (Å²) in [4.78, 5) is 0. The van der Waals surface area contributed by atoms with Crippen molar-refractivity contribution in [2.75, 3.05) is 5.33 Å². The summed E-state index contributed by atoms with van der Waals surface area (Å²) in [5.41, 5.74) is 0.300. The van der Waals surface area contributed by atoms with Crippen molar-refractivity contribution in [3.63, 3.8) is 0 Å². The molecule has 1 nitrogen and oxygen atoms in total. The van der Waals surface area contributed by atoms with Crippen LogP contribution in [0.15, 0.2) is 18.2 Å². The zero-order valence-electron chi connectivity index (χ0n) is 9.64. The monoisotopic (exact) mass is 333 g/mol. The van der Waals surface area contributed by atoms with Crippen LogP contribution in [-0.4, -0.2) is 5.33 Å². The van der Waals surface area contributed by atoms with E-state index >= 15 is 0 Å². The fourth-order valence-electron chi connectivity index (χ4n) is 1.78. The van der Waals surface area contributed by atoms with Crippen molar-refractivity contribution < 1.29 is 0 Å². The first-order valence-corrected chi connectivity index (χ1v) is 7.40. The molecule has 0 saturated heterocycles. The van der Waals surface area contributed by atoms with Gasteiger partial charge < -0.3 is 0 Å². The molecule has 1 aromatic rings. The third kappa shape index (κ3) is 3.37. The van der Waals surface area contributed by atoms with E-state index in [-0.39, 0.29) is 0 Å². The van der Waals surface area contributed by atoms with Gasteiger partial charge in [-0.2, -0.15) is 5.26 Å². The highest BCUT2D eigenvalue weighted by molar-refractivity contribution is 9.09. The van der Waals surface area contributed by atoms with Crippen molar-refractivity contribution in [2.24, 2.45) is 0 Å². The van der Waals surface area contributed by atoms with Gasteiger partial charge in [-0.25, -0.2) is 0 Å². The minimum Gasteiger partial charge on any atom is -0.197 e. The van der Waals surface area contributed by atoms with Crippen LogP contribution in [0.1, 0.15) is 31.7 Å². The molecule has 92 valence electrons. The lowest BCUT2D eigenvalue weighted by atomic mass is 9.79. The van der Waals surface area contributed by atoms with Crippen molar-refractivity contribution >= 4 is 39.1 Å². The van der Waals surface area contributed by atoms with Crippen LogP contribution in [0.2, 0.25) is 10.0 Å². The number of nitriles is 1. The first-order chi connectivity index (χ1) is 8.09. The van der Waals surface area contributed by atoms with Gasteiger partial charge in [0.05, 0.1) is 11.5 Å². The molecule has 0 amide bonds. The summed E-state index contributed by atoms with van der Waals surface area (Å²) in [5.74, 6) is 0. The van der Waals surface area contributed by atoms with E-state index in [1.165, 1.54) is 0 Å². The Morgan fingerprint density at radius 1 is 1.41 bits per heavy atom. The minimum atomic E-state index is -0.558. The molecule has 17 heavy (non-hydrogen) atoms. The van der Waals surface area contributed by atoms with Crippen LogP contribution in [0.3, 0.4) is 0 Å². The molecule has 1 aromatic carbocycles. The summed E-state index contributed by atoms with van der Waals surface area (Å²) < 4.78 is 0. The van der Waals surface area contributed by atoms with Crippen molar-refractivity contribution in [2.45, 2.75) is 31.6 Å². The highest BCUT2D eigenvalue weighted by Gasteiger charge is 2.32. The first-order valence-electron chi connectivity index (χ1n) is 5.52. The number of unbranched alkanes of at least 4 members (excludes halogenated alkanes) is 1. The number of hydrogen-bond donors (Lipinski definition) is 0. The number of hydrogen-bond acceptors (Lipinski definition) is 1. The van der Waals surface area contributed by atoms with Crippen molar-refractivity contribution in [3.8, 4) is 6.07 Å². The Kier molecular flexibility index (Phi) is 5.79. The van der Waals surface area contributed by atoms with Gasteiger partial charge in [-0.15, -0.1) is 0 Å². The van der Waals surface area contributed by atoms with Crippen LogP contribution in [0, 0.1) is 11.3 Å². The maximum Gasteiger partial charge on any atom is 0.0933 e. The number of rotatable bonds is 5. The molecule has 1 atom stereocenters. The Bertz CT molecular complexity index is 428. The minimum absolute atomic E-state index is 0.558. The molecule has 4 heteroatoms. The van der Waals surface area contributed by atoms with Gasteiger partial charge in [0.25, 0.3) is 0 Å². The van der Waals surface area contributed by atoms with Crippen molar-refractivity contribution in [1.29, 1.82) is 5.26 Å². The molecule has 0 saturated carbocycles. The van der Waals surface area contributed by atoms with Crippen LogP contribution >= 0.6 is 39.1 Å². The largest absolute Gasteiger partial charge is 0.197 e. The number of nitrogens with zero attached hydrogens (tertiary/aromatic N) is 1. The second-order valence-electron chi connectivity index (χ2n) is 4.06. The lowest BCUT2D eigenvalue weighted by molar-refractivity contribution is 0.533. The van der Waals surface area contributed by atoms with Gasteiger partial charge in [-0.05, 0) is 24.1 Å². The first kappa shape index (κ1) is 14.8. The number of benzene rings is 1. The van der Waals surface area contributed by atoms with E-state index in [9.17, 15) is 5.26 Å². The molecular formula is C13H14BrCl2N. The van der Waals surface area contributed by atoms with E-state index in [0.717, 1.165) is 24.8 Å². The third-order valence-corrected chi connectivity index (χ3v) is 4.35. The van der Waals surface area contributed by atoms with E-state index in [4.69, 9.17) is 23.2 Å². The average molecular weight is 335 g/mol. The molecule has 0 bridgehead atoms. The lowest BCUT2D eigenvalue weighted by Crippen LogP contribution is -2.26. The summed E-state index contributed by atoms with van der Waals surface area (Å²) in [6, 6.07) is 7.73. The fourth-order valence-corrected chi connectivity index (χ4v) is 3.07. The van der Waals surface area contributed by atoms with Gasteiger partial charge in [0, 0.05) is 15.4 Å². The van der Waals surface area contributed by atoms with Gasteiger partial charge in [0.1, 0.15) is 0 Å². The maximum atomic E-state index is 9.48. The Balaban J connectivity index is 3.18. The topological polar surface area (TPSA) is 23.8 Å². The molecule has 0 heterocycles. The van der Waals surface area contributed by atoms with Crippen LogP contribution < -0.4 is 0 Å². The predicted molar refractivity (Wildman–Crippen MR) is 77.1 cm³/mol. The molecule has 0 N–H and O–H groups in total. The molecule has 0 fully saturated rings. The molecule has 0 aliphatic heterocycles. The van der Waals surface area contributed by atoms with Crippen molar-refractivity contribution in [3.05, 3.63) is 33.8 Å². The van der Waals surface area contributed by atoms with E-state index in [1.807, 2.05) is 6.07 Å². The summed E-state index contributed by atoms with van der Waals surface area (Å²) in [6.07, 6.45) is 2.85. The van der Waals surface area contributed by atoms with Crippen LogP contribution in [0.5, 0.6) is 0 Å². The van der Waals surface area contributed by atoms with Crippen LogP contribution in [0.25, 0.3) is 0 Å². The van der Waals surface area contributed by atoms with Gasteiger partial charge in [-0.1, -0.05) is 65.0 Å². The Morgan fingerprint density at radius 3 is 2.59 bits per heavy atom. The Morgan fingerprint density at radius 2 is 2.12 bits per heavy atom. The van der Waals surface area contributed by atoms with E-state index < -0.39 is 5.41 Å². The molecule has 0 aliphatic rings. The Hall–Kier alpha value is -0.230. The fraction of sp³-hybridized carbons (Fsp3) is 0.462.